The first-order valence-corrected chi connectivity index (χ1v) is 6.90. The van der Waals surface area contributed by atoms with Crippen LogP contribution in [0.15, 0.2) is 23.1 Å². The predicted octanol–water partition coefficient (Wildman–Crippen LogP) is 0.291. The monoisotopic (exact) mass is 269 g/mol. The fourth-order valence-corrected chi connectivity index (χ4v) is 3.25. The van der Waals surface area contributed by atoms with E-state index in [2.05, 4.69) is 5.32 Å². The molecule has 0 spiro atoms. The third kappa shape index (κ3) is 2.36. The molecule has 0 aromatic heterocycles. The Labute approximate surface area is 105 Å². The van der Waals surface area contributed by atoms with Gasteiger partial charge in [0.2, 0.25) is 10.0 Å². The third-order valence-electron chi connectivity index (χ3n) is 2.77. The lowest BCUT2D eigenvalue weighted by molar-refractivity contribution is 0.360. The van der Waals surface area contributed by atoms with Gasteiger partial charge in [-0.25, -0.2) is 12.8 Å². The zero-order valence-electron chi connectivity index (χ0n) is 9.56. The lowest BCUT2D eigenvalue weighted by atomic mass is 10.2. The van der Waals surface area contributed by atoms with Gasteiger partial charge in [0, 0.05) is 26.2 Å². The molecule has 0 saturated carbocycles. The Bertz CT molecular complexity index is 589. The van der Waals surface area contributed by atoms with E-state index in [-0.39, 0.29) is 10.5 Å². The van der Waals surface area contributed by atoms with Crippen molar-refractivity contribution in [3.8, 4) is 6.07 Å². The number of nitriles is 1. The van der Waals surface area contributed by atoms with Crippen molar-refractivity contribution < 1.29 is 12.8 Å². The Morgan fingerprint density at radius 2 is 2.00 bits per heavy atom. The Morgan fingerprint density at radius 3 is 2.61 bits per heavy atom. The molecule has 0 aliphatic carbocycles. The van der Waals surface area contributed by atoms with Crippen LogP contribution < -0.4 is 5.32 Å². The first-order valence-electron chi connectivity index (χ1n) is 5.46. The lowest BCUT2D eigenvalue weighted by Gasteiger charge is -2.26. The van der Waals surface area contributed by atoms with Gasteiger partial charge in [-0.3, -0.25) is 0 Å². The van der Waals surface area contributed by atoms with Gasteiger partial charge in [-0.2, -0.15) is 9.57 Å². The van der Waals surface area contributed by atoms with E-state index in [0.717, 1.165) is 12.1 Å². The van der Waals surface area contributed by atoms with Gasteiger partial charge in [0.1, 0.15) is 11.9 Å². The van der Waals surface area contributed by atoms with Crippen molar-refractivity contribution in [1.29, 1.82) is 5.26 Å². The van der Waals surface area contributed by atoms with Crippen LogP contribution in [0.3, 0.4) is 0 Å². The van der Waals surface area contributed by atoms with Crippen molar-refractivity contribution in [2.75, 3.05) is 26.2 Å². The van der Waals surface area contributed by atoms with E-state index in [0.29, 0.717) is 26.2 Å². The van der Waals surface area contributed by atoms with E-state index in [9.17, 15) is 12.8 Å². The van der Waals surface area contributed by atoms with Gasteiger partial charge < -0.3 is 5.32 Å². The van der Waals surface area contributed by atoms with Crippen LogP contribution in [0.2, 0.25) is 0 Å². The zero-order chi connectivity index (χ0) is 13.2. The second-order valence-corrected chi connectivity index (χ2v) is 5.85. The number of nitrogens with one attached hydrogen (secondary N) is 1. The van der Waals surface area contributed by atoms with Crippen LogP contribution in [0.4, 0.5) is 4.39 Å². The molecular formula is C11H12FN3O2S. The SMILES string of the molecule is N#Cc1cc(S(=O)(=O)N2CCNCC2)ccc1F. The van der Waals surface area contributed by atoms with Crippen molar-refractivity contribution in [2.45, 2.75) is 4.90 Å². The summed E-state index contributed by atoms with van der Waals surface area (Å²) in [6, 6.07) is 4.91. The second kappa shape index (κ2) is 5.02. The van der Waals surface area contributed by atoms with Crippen molar-refractivity contribution in [3.63, 3.8) is 0 Å². The van der Waals surface area contributed by atoms with Crippen LogP contribution in [0.1, 0.15) is 5.56 Å². The molecule has 96 valence electrons. The number of nitrogens with zero attached hydrogens (tertiary/aromatic N) is 2. The van der Waals surface area contributed by atoms with E-state index in [1.165, 1.54) is 10.4 Å². The number of hydrogen-bond acceptors (Lipinski definition) is 4. The minimum absolute atomic E-state index is 0.0395. The molecule has 5 nitrogen and oxygen atoms in total. The van der Waals surface area contributed by atoms with Crippen molar-refractivity contribution in [3.05, 3.63) is 29.6 Å². The summed E-state index contributed by atoms with van der Waals surface area (Å²) in [6.07, 6.45) is 0. The standard InChI is InChI=1S/C11H12FN3O2S/c12-11-2-1-10(7-9(11)8-13)18(16,17)15-5-3-14-4-6-15/h1-2,7,14H,3-6H2. The van der Waals surface area contributed by atoms with E-state index in [4.69, 9.17) is 5.26 Å². The molecule has 0 unspecified atom stereocenters. The molecule has 1 aromatic rings. The average Bonchev–Trinajstić information content (AvgIpc) is 2.40. The fourth-order valence-electron chi connectivity index (χ4n) is 1.78. The number of piperazine rings is 1. The summed E-state index contributed by atoms with van der Waals surface area (Å²) in [5, 5.41) is 11.8. The molecule has 1 saturated heterocycles. The molecule has 0 amide bonds. The third-order valence-corrected chi connectivity index (χ3v) is 4.67. The molecule has 0 bridgehead atoms. The quantitative estimate of drug-likeness (QED) is 0.837. The summed E-state index contributed by atoms with van der Waals surface area (Å²) >= 11 is 0. The highest BCUT2D eigenvalue weighted by Gasteiger charge is 2.26. The van der Waals surface area contributed by atoms with E-state index in [1.807, 2.05) is 0 Å². The number of rotatable bonds is 2. The molecule has 1 aliphatic rings. The second-order valence-electron chi connectivity index (χ2n) is 3.91. The maximum Gasteiger partial charge on any atom is 0.243 e. The van der Waals surface area contributed by atoms with Crippen LogP contribution in [-0.2, 0) is 10.0 Å². The van der Waals surface area contributed by atoms with Gasteiger partial charge in [-0.1, -0.05) is 0 Å². The van der Waals surface area contributed by atoms with Crippen LogP contribution in [0, 0.1) is 17.1 Å². The van der Waals surface area contributed by atoms with Crippen LogP contribution in [0.5, 0.6) is 0 Å². The highest BCUT2D eigenvalue weighted by molar-refractivity contribution is 7.89. The summed E-state index contributed by atoms with van der Waals surface area (Å²) in [6.45, 7) is 1.93. The Balaban J connectivity index is 2.38. The maximum absolute atomic E-state index is 13.2. The summed E-state index contributed by atoms with van der Waals surface area (Å²) in [4.78, 5) is -0.0395. The van der Waals surface area contributed by atoms with E-state index in [1.54, 1.807) is 6.07 Å². The summed E-state index contributed by atoms with van der Waals surface area (Å²) in [5.41, 5.74) is -0.258. The summed E-state index contributed by atoms with van der Waals surface area (Å²) in [7, 11) is -3.64. The number of benzene rings is 1. The van der Waals surface area contributed by atoms with Crippen molar-refractivity contribution in [2.24, 2.45) is 0 Å². The molecule has 1 aliphatic heterocycles. The molecule has 1 heterocycles. The Morgan fingerprint density at radius 1 is 1.33 bits per heavy atom. The molecule has 1 fully saturated rings. The molecule has 1 aromatic carbocycles. The molecule has 1 N–H and O–H groups in total. The minimum atomic E-state index is -3.64. The Hall–Kier alpha value is -1.49. The number of hydrogen-bond donors (Lipinski definition) is 1. The van der Waals surface area contributed by atoms with E-state index < -0.39 is 15.8 Å². The van der Waals surface area contributed by atoms with Crippen LogP contribution >= 0.6 is 0 Å². The van der Waals surface area contributed by atoms with Gasteiger partial charge in [0.05, 0.1) is 10.5 Å². The van der Waals surface area contributed by atoms with Crippen molar-refractivity contribution >= 4 is 10.0 Å². The molecular weight excluding hydrogens is 257 g/mol. The summed E-state index contributed by atoms with van der Waals surface area (Å²) < 4.78 is 39.0. The van der Waals surface area contributed by atoms with Gasteiger partial charge in [-0.15, -0.1) is 0 Å². The smallest absolute Gasteiger partial charge is 0.243 e. The molecule has 18 heavy (non-hydrogen) atoms. The Kier molecular flexibility index (Phi) is 3.61. The van der Waals surface area contributed by atoms with Crippen molar-refractivity contribution in [1.82, 2.24) is 9.62 Å². The fraction of sp³-hybridized carbons (Fsp3) is 0.364. The van der Waals surface area contributed by atoms with Gasteiger partial charge in [-0.05, 0) is 18.2 Å². The topological polar surface area (TPSA) is 73.2 Å². The molecule has 0 radical (unpaired) electrons. The first kappa shape index (κ1) is 13.0. The van der Waals surface area contributed by atoms with Gasteiger partial charge >= 0.3 is 0 Å². The number of halogens is 1. The zero-order valence-corrected chi connectivity index (χ0v) is 10.4. The van der Waals surface area contributed by atoms with Crippen LogP contribution in [0.25, 0.3) is 0 Å². The highest BCUT2D eigenvalue weighted by atomic mass is 32.2. The maximum atomic E-state index is 13.2. The van der Waals surface area contributed by atoms with Gasteiger partial charge in [0.25, 0.3) is 0 Å². The molecule has 0 atom stereocenters. The average molecular weight is 269 g/mol. The largest absolute Gasteiger partial charge is 0.314 e. The molecule has 7 heteroatoms. The summed E-state index contributed by atoms with van der Waals surface area (Å²) in [5.74, 6) is -0.711. The van der Waals surface area contributed by atoms with Crippen LogP contribution in [-0.4, -0.2) is 38.9 Å². The van der Waals surface area contributed by atoms with E-state index >= 15 is 0 Å². The predicted molar refractivity (Wildman–Crippen MR) is 62.7 cm³/mol. The minimum Gasteiger partial charge on any atom is -0.314 e. The van der Waals surface area contributed by atoms with Gasteiger partial charge in [0.15, 0.2) is 0 Å². The highest BCUT2D eigenvalue weighted by Crippen LogP contribution is 2.19. The first-order chi connectivity index (χ1) is 8.55. The number of sulfonamides is 1. The lowest BCUT2D eigenvalue weighted by Crippen LogP contribution is -2.46. The normalized spacial score (nSPS) is 17.3. The molecule has 2 rings (SSSR count).